The standard InChI is InChI=1S/C13H17BO5/c1-6(15)17-10-8-2-7-3-12(18-11(16)19-14)4-9(10)13(7,8)5-12/h7-10H,2-5,14H2,1H3. The van der Waals surface area contributed by atoms with E-state index in [2.05, 4.69) is 4.65 Å². The first-order valence-corrected chi connectivity index (χ1v) is 6.95. The van der Waals surface area contributed by atoms with Gasteiger partial charge >= 0.3 is 20.2 Å². The molecular formula is C13H17BO5. The van der Waals surface area contributed by atoms with Gasteiger partial charge in [-0.15, -0.1) is 0 Å². The molecule has 5 nitrogen and oxygen atoms in total. The van der Waals surface area contributed by atoms with Gasteiger partial charge in [-0.1, -0.05) is 0 Å². The van der Waals surface area contributed by atoms with Crippen molar-refractivity contribution in [1.82, 2.24) is 0 Å². The Labute approximate surface area is 112 Å². The molecule has 4 saturated carbocycles. The predicted octanol–water partition coefficient (Wildman–Crippen LogP) is 0.808. The summed E-state index contributed by atoms with van der Waals surface area (Å²) in [7, 11) is 1.34. The second kappa shape index (κ2) is 3.27. The van der Waals surface area contributed by atoms with Crippen molar-refractivity contribution in [3.63, 3.8) is 0 Å². The summed E-state index contributed by atoms with van der Waals surface area (Å²) in [6.45, 7) is 1.47. The van der Waals surface area contributed by atoms with Gasteiger partial charge in [-0.2, -0.15) is 0 Å². The van der Waals surface area contributed by atoms with Crippen molar-refractivity contribution >= 4 is 20.2 Å². The van der Waals surface area contributed by atoms with Gasteiger partial charge in [-0.3, -0.25) is 4.79 Å². The van der Waals surface area contributed by atoms with E-state index >= 15 is 0 Å². The molecule has 0 aliphatic heterocycles. The molecule has 4 aliphatic carbocycles. The summed E-state index contributed by atoms with van der Waals surface area (Å²) in [5, 5.41) is 0. The van der Waals surface area contributed by atoms with E-state index in [0.29, 0.717) is 23.2 Å². The molecule has 2 bridgehead atoms. The maximum atomic E-state index is 11.4. The SMILES string of the molecule is BOC(=O)OC12CC3CC4C(OC(C)=O)C(C1)C34C2. The van der Waals surface area contributed by atoms with Crippen molar-refractivity contribution < 1.29 is 23.7 Å². The fourth-order valence-electron chi connectivity index (χ4n) is 5.69. The number of carbonyl (C=O) groups excluding carboxylic acids is 2. The van der Waals surface area contributed by atoms with Crippen molar-refractivity contribution in [1.29, 1.82) is 0 Å². The molecule has 0 aromatic carbocycles. The second-order valence-electron chi connectivity index (χ2n) is 6.66. The smallest absolute Gasteiger partial charge is 0.490 e. The van der Waals surface area contributed by atoms with E-state index < -0.39 is 6.16 Å². The lowest BCUT2D eigenvalue weighted by Gasteiger charge is -2.69. The van der Waals surface area contributed by atoms with Gasteiger partial charge in [0.25, 0.3) is 0 Å². The summed E-state index contributed by atoms with van der Waals surface area (Å²) < 4.78 is 15.7. The van der Waals surface area contributed by atoms with Gasteiger partial charge in [0, 0.05) is 18.8 Å². The number of hydrogen-bond acceptors (Lipinski definition) is 5. The Morgan fingerprint density at radius 2 is 2.05 bits per heavy atom. The highest BCUT2D eigenvalue weighted by Crippen LogP contribution is 2.83. The fourth-order valence-corrected chi connectivity index (χ4v) is 5.69. The molecular weight excluding hydrogens is 247 g/mol. The van der Waals surface area contributed by atoms with Gasteiger partial charge in [-0.05, 0) is 37.0 Å². The first-order valence-electron chi connectivity index (χ1n) is 6.95. The Morgan fingerprint density at radius 3 is 2.74 bits per heavy atom. The number of esters is 1. The van der Waals surface area contributed by atoms with Gasteiger partial charge < -0.3 is 14.1 Å². The molecule has 4 fully saturated rings. The van der Waals surface area contributed by atoms with Crippen molar-refractivity contribution in [3.05, 3.63) is 0 Å². The third-order valence-electron chi connectivity index (χ3n) is 6.08. The van der Waals surface area contributed by atoms with E-state index in [-0.39, 0.29) is 17.7 Å². The monoisotopic (exact) mass is 264 g/mol. The van der Waals surface area contributed by atoms with Crippen LogP contribution < -0.4 is 0 Å². The van der Waals surface area contributed by atoms with Crippen LogP contribution in [-0.2, 0) is 18.9 Å². The minimum Gasteiger partial charge on any atom is -0.513 e. The summed E-state index contributed by atoms with van der Waals surface area (Å²) >= 11 is 0. The van der Waals surface area contributed by atoms with E-state index in [4.69, 9.17) is 9.47 Å². The molecule has 0 aromatic rings. The molecule has 0 radical (unpaired) electrons. The van der Waals surface area contributed by atoms with Crippen LogP contribution in [0.5, 0.6) is 0 Å². The van der Waals surface area contributed by atoms with Gasteiger partial charge in [-0.25, -0.2) is 4.79 Å². The van der Waals surface area contributed by atoms with Crippen LogP contribution in [0.25, 0.3) is 0 Å². The summed E-state index contributed by atoms with van der Waals surface area (Å²) in [6, 6.07) is 0. The highest BCUT2D eigenvalue weighted by atomic mass is 16.7. The quantitative estimate of drug-likeness (QED) is 0.545. The molecule has 19 heavy (non-hydrogen) atoms. The number of rotatable bonds is 2. The summed E-state index contributed by atoms with van der Waals surface area (Å²) in [5.74, 6) is 1.33. The van der Waals surface area contributed by atoms with Crippen molar-refractivity contribution in [3.8, 4) is 0 Å². The minimum absolute atomic E-state index is 0.0529. The zero-order valence-corrected chi connectivity index (χ0v) is 11.2. The first-order chi connectivity index (χ1) is 9.01. The largest absolute Gasteiger partial charge is 0.513 e. The first kappa shape index (κ1) is 11.6. The van der Waals surface area contributed by atoms with Crippen molar-refractivity contribution in [2.24, 2.45) is 23.2 Å². The van der Waals surface area contributed by atoms with Crippen LogP contribution >= 0.6 is 0 Å². The average Bonchev–Trinajstić information content (AvgIpc) is 2.79. The second-order valence-corrected chi connectivity index (χ2v) is 6.66. The molecule has 0 amide bonds. The Balaban J connectivity index is 1.56. The number of ether oxygens (including phenoxy) is 2. The van der Waals surface area contributed by atoms with E-state index in [1.165, 1.54) is 15.0 Å². The maximum absolute atomic E-state index is 11.4. The third kappa shape index (κ3) is 1.18. The van der Waals surface area contributed by atoms with Gasteiger partial charge in [0.15, 0.2) is 0 Å². The lowest BCUT2D eigenvalue weighted by molar-refractivity contribution is -0.269. The molecule has 102 valence electrons. The molecule has 4 aliphatic rings. The van der Waals surface area contributed by atoms with Crippen LogP contribution in [0.15, 0.2) is 0 Å². The van der Waals surface area contributed by atoms with Crippen LogP contribution in [0, 0.1) is 23.2 Å². The van der Waals surface area contributed by atoms with E-state index in [9.17, 15) is 9.59 Å². The Morgan fingerprint density at radius 1 is 1.26 bits per heavy atom. The fraction of sp³-hybridized carbons (Fsp3) is 0.846. The topological polar surface area (TPSA) is 61.8 Å². The van der Waals surface area contributed by atoms with Crippen LogP contribution in [0.2, 0.25) is 0 Å². The Bertz CT molecular complexity index is 480. The van der Waals surface area contributed by atoms with Gasteiger partial charge in [0.2, 0.25) is 0 Å². The van der Waals surface area contributed by atoms with Crippen LogP contribution in [0.4, 0.5) is 4.79 Å². The van der Waals surface area contributed by atoms with Gasteiger partial charge in [0.05, 0.1) is 0 Å². The molecule has 6 atom stereocenters. The molecule has 0 saturated heterocycles. The molecule has 0 N–H and O–H groups in total. The molecule has 0 aromatic heterocycles. The zero-order valence-electron chi connectivity index (χ0n) is 11.2. The van der Waals surface area contributed by atoms with Crippen LogP contribution in [0.1, 0.15) is 32.6 Å². The van der Waals surface area contributed by atoms with Crippen LogP contribution in [-0.4, -0.2) is 31.9 Å². The number of hydrogen-bond donors (Lipinski definition) is 0. The predicted molar refractivity (Wildman–Crippen MR) is 65.8 cm³/mol. The molecule has 4 rings (SSSR count). The summed E-state index contributed by atoms with van der Waals surface area (Å²) in [6.07, 6.45) is 3.31. The maximum Gasteiger partial charge on any atom is 0.490 e. The van der Waals surface area contributed by atoms with Crippen LogP contribution in [0.3, 0.4) is 0 Å². The third-order valence-corrected chi connectivity index (χ3v) is 6.08. The lowest BCUT2D eigenvalue weighted by Crippen LogP contribution is -2.69. The number of fused-ring (bicyclic) bond motifs is 1. The highest BCUT2D eigenvalue weighted by Gasteiger charge is 2.83. The molecule has 1 spiro atoms. The summed E-state index contributed by atoms with van der Waals surface area (Å²) in [5.41, 5.74) is -0.0553. The number of carbonyl (C=O) groups is 2. The normalized spacial score (nSPS) is 51.6. The minimum atomic E-state index is -0.584. The van der Waals surface area contributed by atoms with E-state index in [1.54, 1.807) is 0 Å². The van der Waals surface area contributed by atoms with E-state index in [0.717, 1.165) is 25.7 Å². The summed E-state index contributed by atoms with van der Waals surface area (Å²) in [4.78, 5) is 22.6. The van der Waals surface area contributed by atoms with Gasteiger partial charge in [0.1, 0.15) is 11.7 Å². The molecule has 6 unspecified atom stereocenters. The van der Waals surface area contributed by atoms with Crippen molar-refractivity contribution in [2.75, 3.05) is 0 Å². The van der Waals surface area contributed by atoms with Crippen molar-refractivity contribution in [2.45, 2.75) is 44.3 Å². The Kier molecular flexibility index (Phi) is 2.00. The Hall–Kier alpha value is -1.20. The van der Waals surface area contributed by atoms with E-state index in [1.807, 2.05) is 0 Å². The lowest BCUT2D eigenvalue weighted by atomic mass is 9.37. The zero-order chi connectivity index (χ0) is 13.4. The highest BCUT2D eigenvalue weighted by molar-refractivity contribution is 6.04. The molecule has 0 heterocycles. The average molecular weight is 264 g/mol. The molecule has 6 heteroatoms.